The minimum atomic E-state index is -4.55. The van der Waals surface area contributed by atoms with Gasteiger partial charge in [0, 0.05) is 25.0 Å². The number of carbonyl (C=O) groups is 1. The molecule has 0 fully saturated rings. The molecule has 37 heavy (non-hydrogen) atoms. The van der Waals surface area contributed by atoms with Crippen LogP contribution in [0.2, 0.25) is 0 Å². The fourth-order valence-corrected chi connectivity index (χ4v) is 2.99. The molecule has 0 bridgehead atoms. The van der Waals surface area contributed by atoms with Gasteiger partial charge in [-0.25, -0.2) is 14.2 Å². The SMILES string of the molecule is CS(=O)(=O)O.Cn1ccc2ncnc(Oc3ccc(NC(=O)Nc4cccc(C(F)(F)F)c4)c(F)c3)c21. The Hall–Kier alpha value is -4.24. The number of carbonyl (C=O) groups excluding carboxylic acids is 1. The van der Waals surface area contributed by atoms with E-state index in [4.69, 9.17) is 9.29 Å². The first-order valence-electron chi connectivity index (χ1n) is 10.1. The van der Waals surface area contributed by atoms with Gasteiger partial charge in [-0.1, -0.05) is 6.07 Å². The summed E-state index contributed by atoms with van der Waals surface area (Å²) in [6.45, 7) is 0. The van der Waals surface area contributed by atoms with E-state index in [0.29, 0.717) is 17.3 Å². The number of aromatic nitrogens is 3. The highest BCUT2D eigenvalue weighted by atomic mass is 32.2. The predicted molar refractivity (Wildman–Crippen MR) is 127 cm³/mol. The molecular weight excluding hydrogens is 522 g/mol. The molecule has 3 N–H and O–H groups in total. The number of halogens is 4. The molecule has 0 aliphatic carbocycles. The van der Waals surface area contributed by atoms with Gasteiger partial charge < -0.3 is 19.9 Å². The minimum Gasteiger partial charge on any atom is -0.437 e. The van der Waals surface area contributed by atoms with Crippen molar-refractivity contribution in [3.05, 3.63) is 72.4 Å². The molecule has 2 aromatic carbocycles. The highest BCUT2D eigenvalue weighted by molar-refractivity contribution is 7.85. The zero-order chi connectivity index (χ0) is 27.4. The number of aryl methyl sites for hydroxylation is 1. The summed E-state index contributed by atoms with van der Waals surface area (Å²) in [5.74, 6) is -0.448. The van der Waals surface area contributed by atoms with Crippen LogP contribution < -0.4 is 15.4 Å². The molecule has 10 nitrogen and oxygen atoms in total. The van der Waals surface area contributed by atoms with E-state index in [1.807, 2.05) is 0 Å². The van der Waals surface area contributed by atoms with E-state index in [1.165, 1.54) is 24.5 Å². The molecular formula is C22H19F4N5O5S. The van der Waals surface area contributed by atoms with E-state index in [-0.39, 0.29) is 23.0 Å². The van der Waals surface area contributed by atoms with E-state index < -0.39 is 33.7 Å². The monoisotopic (exact) mass is 541 g/mol. The largest absolute Gasteiger partial charge is 0.437 e. The quantitative estimate of drug-likeness (QED) is 0.243. The molecule has 2 aromatic heterocycles. The van der Waals surface area contributed by atoms with Crippen molar-refractivity contribution in [3.63, 3.8) is 0 Å². The van der Waals surface area contributed by atoms with Crippen LogP contribution in [0.5, 0.6) is 11.6 Å². The fourth-order valence-electron chi connectivity index (χ4n) is 2.99. The van der Waals surface area contributed by atoms with Crippen molar-refractivity contribution in [2.45, 2.75) is 6.18 Å². The lowest BCUT2D eigenvalue weighted by Gasteiger charge is -2.12. The van der Waals surface area contributed by atoms with E-state index in [9.17, 15) is 30.8 Å². The summed E-state index contributed by atoms with van der Waals surface area (Å²) in [4.78, 5) is 20.3. The summed E-state index contributed by atoms with van der Waals surface area (Å²) >= 11 is 0. The average molecular weight is 541 g/mol. The van der Waals surface area contributed by atoms with Crippen molar-refractivity contribution >= 4 is 38.6 Å². The van der Waals surface area contributed by atoms with Gasteiger partial charge in [-0.15, -0.1) is 0 Å². The number of alkyl halides is 3. The van der Waals surface area contributed by atoms with Crippen molar-refractivity contribution in [2.75, 3.05) is 16.9 Å². The van der Waals surface area contributed by atoms with Crippen LogP contribution in [0.1, 0.15) is 5.56 Å². The Morgan fingerprint density at radius 1 is 1.08 bits per heavy atom. The molecule has 0 aliphatic rings. The number of ether oxygens (including phenoxy) is 1. The first-order valence-corrected chi connectivity index (χ1v) is 12.0. The van der Waals surface area contributed by atoms with Crippen LogP contribution in [0.25, 0.3) is 11.0 Å². The first kappa shape index (κ1) is 27.3. The van der Waals surface area contributed by atoms with Crippen LogP contribution in [0, 0.1) is 5.82 Å². The van der Waals surface area contributed by atoms with Crippen LogP contribution in [0.3, 0.4) is 0 Å². The number of amides is 2. The van der Waals surface area contributed by atoms with Crippen LogP contribution in [-0.2, 0) is 23.3 Å². The predicted octanol–water partition coefficient (Wildman–Crippen LogP) is 5.07. The van der Waals surface area contributed by atoms with Crippen molar-refractivity contribution in [2.24, 2.45) is 7.05 Å². The number of nitrogens with one attached hydrogen (secondary N) is 2. The number of fused-ring (bicyclic) bond motifs is 1. The van der Waals surface area contributed by atoms with Gasteiger partial charge in [-0.05, 0) is 36.4 Å². The summed E-state index contributed by atoms with van der Waals surface area (Å²) in [6, 6.07) is 8.70. The molecule has 4 rings (SSSR count). The van der Waals surface area contributed by atoms with E-state index in [1.54, 1.807) is 23.9 Å². The Kier molecular flexibility index (Phi) is 7.98. The zero-order valence-corrected chi connectivity index (χ0v) is 19.9. The maximum absolute atomic E-state index is 14.5. The third kappa shape index (κ3) is 7.88. The standard InChI is InChI=1S/C21H15F4N5O2.CH4O3S/c1-30-8-7-17-18(30)19(27-11-26-17)32-14-5-6-16(15(22)10-14)29-20(31)28-13-4-2-3-12(9-13)21(23,24)25;1-5(2,3)4/h2-11H,1H3,(H2,28,29,31);1H3,(H,2,3,4). The second-order valence-corrected chi connectivity index (χ2v) is 8.94. The summed E-state index contributed by atoms with van der Waals surface area (Å²) in [7, 11) is -1.88. The van der Waals surface area contributed by atoms with Crippen LogP contribution in [-0.4, -0.2) is 39.8 Å². The molecule has 2 amide bonds. The first-order chi connectivity index (χ1) is 17.2. The van der Waals surface area contributed by atoms with Crippen LogP contribution in [0.15, 0.2) is 61.1 Å². The van der Waals surface area contributed by atoms with Crippen LogP contribution >= 0.6 is 0 Å². The van der Waals surface area contributed by atoms with Gasteiger partial charge in [0.2, 0.25) is 5.88 Å². The lowest BCUT2D eigenvalue weighted by molar-refractivity contribution is -0.137. The number of anilines is 2. The molecule has 0 spiro atoms. The van der Waals surface area contributed by atoms with Crippen molar-refractivity contribution in [1.29, 1.82) is 0 Å². The molecule has 0 radical (unpaired) electrons. The molecule has 0 saturated heterocycles. The lowest BCUT2D eigenvalue weighted by Crippen LogP contribution is -2.20. The molecule has 0 aliphatic heterocycles. The fraction of sp³-hybridized carbons (Fsp3) is 0.136. The number of hydrogen-bond donors (Lipinski definition) is 3. The maximum atomic E-state index is 14.5. The molecule has 15 heteroatoms. The maximum Gasteiger partial charge on any atom is 0.416 e. The normalized spacial score (nSPS) is 11.4. The minimum absolute atomic E-state index is 0.0898. The van der Waals surface area contributed by atoms with Gasteiger partial charge in [-0.2, -0.15) is 26.6 Å². The second kappa shape index (κ2) is 10.8. The molecule has 4 aromatic rings. The molecule has 0 atom stereocenters. The van der Waals surface area contributed by atoms with Crippen molar-refractivity contribution < 1.29 is 40.1 Å². The number of rotatable bonds is 4. The van der Waals surface area contributed by atoms with Crippen LogP contribution in [0.4, 0.5) is 33.7 Å². The number of urea groups is 1. The van der Waals surface area contributed by atoms with E-state index in [2.05, 4.69) is 20.6 Å². The average Bonchev–Trinajstić information content (AvgIpc) is 3.16. The molecule has 196 valence electrons. The van der Waals surface area contributed by atoms with Gasteiger partial charge >= 0.3 is 12.2 Å². The Labute approximate surface area is 207 Å². The third-order valence-electron chi connectivity index (χ3n) is 4.48. The van der Waals surface area contributed by atoms with Crippen molar-refractivity contribution in [1.82, 2.24) is 14.5 Å². The third-order valence-corrected chi connectivity index (χ3v) is 4.48. The summed E-state index contributed by atoms with van der Waals surface area (Å²) in [5, 5.41) is 4.49. The Morgan fingerprint density at radius 3 is 2.43 bits per heavy atom. The van der Waals surface area contributed by atoms with Gasteiger partial charge in [0.1, 0.15) is 23.4 Å². The molecule has 0 saturated carbocycles. The summed E-state index contributed by atoms with van der Waals surface area (Å²) < 4.78 is 86.2. The van der Waals surface area contributed by atoms with Gasteiger partial charge in [0.15, 0.2) is 0 Å². The highest BCUT2D eigenvalue weighted by Gasteiger charge is 2.30. The Morgan fingerprint density at radius 2 is 1.78 bits per heavy atom. The molecule has 0 unspecified atom stereocenters. The number of nitrogens with zero attached hydrogens (tertiary/aromatic N) is 3. The van der Waals surface area contributed by atoms with E-state index >= 15 is 0 Å². The second-order valence-electron chi connectivity index (χ2n) is 7.47. The number of benzene rings is 2. The number of hydrogen-bond acceptors (Lipinski definition) is 6. The molecule has 2 heterocycles. The van der Waals surface area contributed by atoms with Gasteiger partial charge in [0.25, 0.3) is 10.1 Å². The Balaban J connectivity index is 0.000000695. The van der Waals surface area contributed by atoms with Gasteiger partial charge in [0.05, 0.1) is 23.0 Å². The lowest BCUT2D eigenvalue weighted by atomic mass is 10.2. The van der Waals surface area contributed by atoms with Crippen molar-refractivity contribution in [3.8, 4) is 11.6 Å². The summed E-state index contributed by atoms with van der Waals surface area (Å²) in [5.41, 5.74) is 0.0830. The van der Waals surface area contributed by atoms with Gasteiger partial charge in [-0.3, -0.25) is 4.55 Å². The van der Waals surface area contributed by atoms with E-state index in [0.717, 1.165) is 24.3 Å². The summed E-state index contributed by atoms with van der Waals surface area (Å²) in [6.07, 6.45) is -0.733. The zero-order valence-electron chi connectivity index (χ0n) is 19.1. The topological polar surface area (TPSA) is 135 Å². The smallest absolute Gasteiger partial charge is 0.416 e. The Bertz CT molecular complexity index is 1530. The highest BCUT2D eigenvalue weighted by Crippen LogP contribution is 2.31.